The fourth-order valence-corrected chi connectivity index (χ4v) is 4.84. The summed E-state index contributed by atoms with van der Waals surface area (Å²) < 4.78 is 5.92. The Hall–Kier alpha value is -2.49. The average Bonchev–Trinajstić information content (AvgIpc) is 2.83. The first kappa shape index (κ1) is 21.7. The molecule has 1 aliphatic heterocycles. The lowest BCUT2D eigenvalue weighted by Gasteiger charge is -2.30. The van der Waals surface area contributed by atoms with Crippen LogP contribution in [-0.4, -0.2) is 25.7 Å². The third-order valence-corrected chi connectivity index (χ3v) is 6.70. The summed E-state index contributed by atoms with van der Waals surface area (Å²) in [5.74, 6) is 1.52. The summed E-state index contributed by atoms with van der Waals surface area (Å²) in [5, 5.41) is 3.07. The van der Waals surface area contributed by atoms with Crippen molar-refractivity contribution >= 4 is 11.7 Å². The van der Waals surface area contributed by atoms with Gasteiger partial charge in [-0.25, -0.2) is 4.79 Å². The predicted octanol–water partition coefficient (Wildman–Crippen LogP) is 6.89. The van der Waals surface area contributed by atoms with Crippen LogP contribution < -0.4 is 15.0 Å². The summed E-state index contributed by atoms with van der Waals surface area (Å²) in [6.45, 7) is 4.04. The largest absolute Gasteiger partial charge is 0.490 e. The van der Waals surface area contributed by atoms with Crippen molar-refractivity contribution in [2.75, 3.05) is 24.6 Å². The van der Waals surface area contributed by atoms with Gasteiger partial charge in [-0.15, -0.1) is 0 Å². The lowest BCUT2D eigenvalue weighted by atomic mass is 9.84. The Morgan fingerprint density at radius 3 is 2.55 bits per heavy atom. The molecule has 4 nitrogen and oxygen atoms in total. The highest BCUT2D eigenvalue weighted by atomic mass is 16.5. The summed E-state index contributed by atoms with van der Waals surface area (Å²) in [6, 6.07) is 15.2. The van der Waals surface area contributed by atoms with Crippen LogP contribution in [0.4, 0.5) is 10.5 Å². The monoisotopic (exact) mass is 420 g/mol. The third-order valence-electron chi connectivity index (χ3n) is 6.70. The smallest absolute Gasteiger partial charge is 0.322 e. The van der Waals surface area contributed by atoms with Crippen molar-refractivity contribution in [1.29, 1.82) is 0 Å². The first-order valence-corrected chi connectivity index (χ1v) is 12.2. The molecular formula is C27H36N2O2. The fraction of sp³-hybridized carbons (Fsp3) is 0.519. The van der Waals surface area contributed by atoms with Gasteiger partial charge in [-0.2, -0.15) is 0 Å². The number of anilines is 1. The number of urea groups is 1. The van der Waals surface area contributed by atoms with E-state index in [1.165, 1.54) is 62.5 Å². The third kappa shape index (κ3) is 5.41. The molecule has 1 fully saturated rings. The van der Waals surface area contributed by atoms with Crippen LogP contribution in [0.2, 0.25) is 0 Å². The van der Waals surface area contributed by atoms with Crippen LogP contribution >= 0.6 is 0 Å². The quantitative estimate of drug-likeness (QED) is 0.496. The molecule has 31 heavy (non-hydrogen) atoms. The van der Waals surface area contributed by atoms with E-state index in [9.17, 15) is 4.79 Å². The number of rotatable bonds is 7. The molecule has 0 bridgehead atoms. The van der Waals surface area contributed by atoms with Gasteiger partial charge in [0.1, 0.15) is 12.4 Å². The van der Waals surface area contributed by atoms with E-state index in [1.54, 1.807) is 0 Å². The van der Waals surface area contributed by atoms with E-state index in [0.717, 1.165) is 35.9 Å². The lowest BCUT2D eigenvalue weighted by Crippen LogP contribution is -2.44. The molecule has 1 N–H and O–H groups in total. The second kappa shape index (κ2) is 10.7. The van der Waals surface area contributed by atoms with Crippen LogP contribution in [0.5, 0.6) is 5.75 Å². The van der Waals surface area contributed by atoms with Crippen molar-refractivity contribution in [3.8, 4) is 16.9 Å². The van der Waals surface area contributed by atoms with Gasteiger partial charge in [-0.1, -0.05) is 75.8 Å². The van der Waals surface area contributed by atoms with Gasteiger partial charge >= 0.3 is 6.03 Å². The molecule has 0 radical (unpaired) electrons. The van der Waals surface area contributed by atoms with E-state index >= 15 is 0 Å². The summed E-state index contributed by atoms with van der Waals surface area (Å²) in [6.07, 6.45) is 11.4. The van der Waals surface area contributed by atoms with E-state index in [2.05, 4.69) is 48.6 Å². The molecule has 1 saturated carbocycles. The van der Waals surface area contributed by atoms with Gasteiger partial charge in [-0.3, -0.25) is 4.90 Å². The highest BCUT2D eigenvalue weighted by Crippen LogP contribution is 2.37. The van der Waals surface area contributed by atoms with Crippen molar-refractivity contribution in [1.82, 2.24) is 5.32 Å². The highest BCUT2D eigenvalue weighted by Gasteiger charge is 2.24. The second-order valence-corrected chi connectivity index (χ2v) is 8.93. The standard InChI is InChI=1S/C27H36N2O2/c1-2-3-4-8-17-28-27(30)29-18-19-31-26-20-24(15-16-25(26)29)23-13-11-22(12-14-23)21-9-6-5-7-10-21/h11-16,20-21H,2-10,17-19H2,1H3,(H,28,30). The van der Waals surface area contributed by atoms with Crippen LogP contribution in [0.1, 0.15) is 76.2 Å². The zero-order chi connectivity index (χ0) is 21.5. The molecule has 1 heterocycles. The Balaban J connectivity index is 1.42. The maximum absolute atomic E-state index is 12.7. The van der Waals surface area contributed by atoms with Crippen molar-refractivity contribution in [2.24, 2.45) is 0 Å². The minimum atomic E-state index is -0.0226. The van der Waals surface area contributed by atoms with Gasteiger partial charge in [0.25, 0.3) is 0 Å². The number of ether oxygens (including phenoxy) is 1. The topological polar surface area (TPSA) is 41.6 Å². The summed E-state index contributed by atoms with van der Waals surface area (Å²) in [5.41, 5.74) is 4.67. The molecule has 2 amide bonds. The van der Waals surface area contributed by atoms with E-state index in [4.69, 9.17) is 4.74 Å². The maximum atomic E-state index is 12.7. The van der Waals surface area contributed by atoms with Crippen LogP contribution in [0, 0.1) is 0 Å². The number of unbranched alkanes of at least 4 members (excludes halogenated alkanes) is 3. The number of nitrogens with one attached hydrogen (secondary N) is 1. The van der Waals surface area contributed by atoms with Crippen LogP contribution in [-0.2, 0) is 0 Å². The number of carbonyl (C=O) groups excluding carboxylic acids is 1. The minimum absolute atomic E-state index is 0.0226. The van der Waals surface area contributed by atoms with E-state index < -0.39 is 0 Å². The minimum Gasteiger partial charge on any atom is -0.490 e. The molecule has 0 aromatic heterocycles. The van der Waals surface area contributed by atoms with Gasteiger partial charge in [0.2, 0.25) is 0 Å². The Bertz CT molecular complexity index is 856. The van der Waals surface area contributed by atoms with Crippen molar-refractivity contribution < 1.29 is 9.53 Å². The number of nitrogens with zero attached hydrogens (tertiary/aromatic N) is 1. The first-order valence-electron chi connectivity index (χ1n) is 12.2. The van der Waals surface area contributed by atoms with E-state index in [1.807, 2.05) is 11.0 Å². The van der Waals surface area contributed by atoms with Crippen LogP contribution in [0.3, 0.4) is 0 Å². The number of hydrogen-bond donors (Lipinski definition) is 1. The van der Waals surface area contributed by atoms with Crippen LogP contribution in [0.15, 0.2) is 42.5 Å². The summed E-state index contributed by atoms with van der Waals surface area (Å²) in [4.78, 5) is 14.5. The van der Waals surface area contributed by atoms with Gasteiger partial charge in [0.15, 0.2) is 0 Å². The summed E-state index contributed by atoms with van der Waals surface area (Å²) in [7, 11) is 0. The van der Waals surface area contributed by atoms with E-state index in [-0.39, 0.29) is 6.03 Å². The SMILES string of the molecule is CCCCCCNC(=O)N1CCOc2cc(-c3ccc(C4CCCCC4)cc3)ccc21. The molecule has 0 saturated heterocycles. The maximum Gasteiger partial charge on any atom is 0.322 e. The second-order valence-electron chi connectivity index (χ2n) is 8.93. The normalized spacial score (nSPS) is 16.5. The molecule has 0 spiro atoms. The molecule has 166 valence electrons. The molecule has 1 aliphatic carbocycles. The fourth-order valence-electron chi connectivity index (χ4n) is 4.84. The highest BCUT2D eigenvalue weighted by molar-refractivity contribution is 5.94. The Labute approximate surface area is 187 Å². The molecule has 4 rings (SSSR count). The van der Waals surface area contributed by atoms with Crippen LogP contribution in [0.25, 0.3) is 11.1 Å². The van der Waals surface area contributed by atoms with Gasteiger partial charge in [0, 0.05) is 6.54 Å². The molecule has 0 unspecified atom stereocenters. The number of benzene rings is 2. The summed E-state index contributed by atoms with van der Waals surface area (Å²) >= 11 is 0. The number of carbonyl (C=O) groups is 1. The van der Waals surface area contributed by atoms with Crippen molar-refractivity contribution in [3.63, 3.8) is 0 Å². The lowest BCUT2D eigenvalue weighted by molar-refractivity contribution is 0.239. The Kier molecular flexibility index (Phi) is 7.50. The number of fused-ring (bicyclic) bond motifs is 1. The Morgan fingerprint density at radius 1 is 1.00 bits per heavy atom. The average molecular weight is 421 g/mol. The van der Waals surface area contributed by atoms with Gasteiger partial charge < -0.3 is 10.1 Å². The number of amides is 2. The zero-order valence-electron chi connectivity index (χ0n) is 18.9. The zero-order valence-corrected chi connectivity index (χ0v) is 18.9. The molecule has 2 aromatic rings. The first-order chi connectivity index (χ1) is 15.3. The number of hydrogen-bond acceptors (Lipinski definition) is 2. The van der Waals surface area contributed by atoms with Crippen molar-refractivity contribution in [3.05, 3.63) is 48.0 Å². The predicted molar refractivity (Wildman–Crippen MR) is 128 cm³/mol. The molecule has 4 heteroatoms. The molecule has 2 aromatic carbocycles. The molecular weight excluding hydrogens is 384 g/mol. The van der Waals surface area contributed by atoms with Gasteiger partial charge in [-0.05, 0) is 54.0 Å². The van der Waals surface area contributed by atoms with Gasteiger partial charge in [0.05, 0.1) is 12.2 Å². The van der Waals surface area contributed by atoms with E-state index in [0.29, 0.717) is 13.2 Å². The Morgan fingerprint density at radius 2 is 1.77 bits per heavy atom. The molecule has 2 aliphatic rings. The van der Waals surface area contributed by atoms with Crippen molar-refractivity contribution in [2.45, 2.75) is 70.6 Å². The molecule has 0 atom stereocenters.